The summed E-state index contributed by atoms with van der Waals surface area (Å²) < 4.78 is 34.4. The average molecular weight is 453 g/mol. The van der Waals surface area contributed by atoms with Gasteiger partial charge in [0, 0.05) is 6.21 Å². The molecule has 0 N–H and O–H groups in total. The van der Waals surface area contributed by atoms with Gasteiger partial charge in [-0.3, -0.25) is 0 Å². The first-order valence-electron chi connectivity index (χ1n) is 11.9. The number of rotatable bonds is 15. The summed E-state index contributed by atoms with van der Waals surface area (Å²) in [6.07, 6.45) is 15.1. The molecule has 0 radical (unpaired) electrons. The minimum absolute atomic E-state index is 0.905. The van der Waals surface area contributed by atoms with E-state index in [2.05, 4.69) is 32.1 Å². The highest BCUT2D eigenvalue weighted by Gasteiger charge is 2.24. The van der Waals surface area contributed by atoms with Crippen LogP contribution >= 0.6 is 0 Å². The first-order chi connectivity index (χ1) is 14.8. The van der Waals surface area contributed by atoms with Crippen LogP contribution in [0.5, 0.6) is 0 Å². The Morgan fingerprint density at radius 2 is 1.23 bits per heavy atom. The van der Waals surface area contributed by atoms with E-state index in [1.807, 2.05) is 30.3 Å². The zero-order chi connectivity index (χ0) is 23.4. The second-order valence-electron chi connectivity index (χ2n) is 8.10. The van der Waals surface area contributed by atoms with Gasteiger partial charge in [-0.25, -0.2) is 8.42 Å². The topological polar surface area (TPSA) is 69.6 Å². The maximum atomic E-state index is 10.1. The second-order valence-corrected chi connectivity index (χ2v) is 9.17. The number of nitrogens with zero attached hydrogens (tertiary/aromatic N) is 2. The molecule has 0 aliphatic rings. The molecule has 0 aliphatic carbocycles. The Morgan fingerprint density at radius 3 is 1.58 bits per heavy atom. The summed E-state index contributed by atoms with van der Waals surface area (Å²) in [6, 6.07) is 9.25. The summed E-state index contributed by atoms with van der Waals surface area (Å²) in [5.74, 6) is 0. The third-order valence-corrected chi connectivity index (χ3v) is 5.69. The van der Waals surface area contributed by atoms with Crippen molar-refractivity contribution in [3.63, 3.8) is 0 Å². The molecule has 1 aromatic rings. The predicted molar refractivity (Wildman–Crippen MR) is 133 cm³/mol. The lowest BCUT2D eigenvalue weighted by Crippen LogP contribution is -2.50. The smallest absolute Gasteiger partial charge is 0.202 e. The van der Waals surface area contributed by atoms with Gasteiger partial charge in [-0.15, -0.1) is 0 Å². The normalized spacial score (nSPS) is 12.3. The third-order valence-electron chi connectivity index (χ3n) is 5.31. The minimum Gasteiger partial charge on any atom is -0.730 e. The molecule has 1 aromatic carbocycles. The van der Waals surface area contributed by atoms with Crippen molar-refractivity contribution in [2.75, 3.05) is 26.2 Å². The Labute approximate surface area is 191 Å². The van der Waals surface area contributed by atoms with Crippen LogP contribution < -0.4 is 0 Å². The van der Waals surface area contributed by atoms with Crippen molar-refractivity contribution in [1.82, 2.24) is 0 Å². The summed E-state index contributed by atoms with van der Waals surface area (Å²) in [7, 11) is -4.51. The standard InChI is InChI=1S/C16H36N.C9H9NO3S/c1-5-9-13-17(14-10-6-2,15-11-7-3)16-12-8-4;11-14(12,13)10-8-4-7-9-5-2-1-3-6-9/h5-16H2,1-4H3;1-8H,(H,11,12,13)/q+1;/p-1. The molecule has 0 saturated carbocycles. The lowest BCUT2D eigenvalue weighted by Gasteiger charge is -2.39. The first-order valence-corrected chi connectivity index (χ1v) is 13.3. The maximum Gasteiger partial charge on any atom is 0.202 e. The Morgan fingerprint density at radius 1 is 0.806 bits per heavy atom. The van der Waals surface area contributed by atoms with Crippen LogP contribution in [-0.4, -0.2) is 49.8 Å². The van der Waals surface area contributed by atoms with Crippen molar-refractivity contribution in [3.8, 4) is 0 Å². The molecule has 0 atom stereocenters. The average Bonchev–Trinajstić information content (AvgIpc) is 2.76. The number of hydrogen-bond acceptors (Lipinski definition) is 3. The molecule has 0 unspecified atom stereocenters. The number of quaternary nitrogens is 1. The molecule has 0 aliphatic heterocycles. The molecule has 0 aromatic heterocycles. The van der Waals surface area contributed by atoms with E-state index >= 15 is 0 Å². The molecule has 1 rings (SSSR count). The molecule has 0 spiro atoms. The van der Waals surface area contributed by atoms with Crippen molar-refractivity contribution in [3.05, 3.63) is 42.0 Å². The zero-order valence-electron chi connectivity index (χ0n) is 20.1. The van der Waals surface area contributed by atoms with Gasteiger partial charge in [0.05, 0.1) is 26.2 Å². The van der Waals surface area contributed by atoms with Crippen LogP contribution in [0.1, 0.15) is 84.6 Å². The Hall–Kier alpha value is -1.50. The largest absolute Gasteiger partial charge is 0.730 e. The van der Waals surface area contributed by atoms with E-state index in [4.69, 9.17) is 0 Å². The fraction of sp³-hybridized carbons (Fsp3) is 0.640. The second kappa shape index (κ2) is 18.1. The van der Waals surface area contributed by atoms with Gasteiger partial charge in [-0.2, -0.15) is 4.40 Å². The van der Waals surface area contributed by atoms with Crippen molar-refractivity contribution in [1.29, 1.82) is 0 Å². The van der Waals surface area contributed by atoms with Gasteiger partial charge in [-0.1, -0.05) is 89.8 Å². The van der Waals surface area contributed by atoms with E-state index in [1.54, 1.807) is 6.08 Å². The quantitative estimate of drug-likeness (QED) is 0.180. The molecule has 0 fully saturated rings. The summed E-state index contributed by atoms with van der Waals surface area (Å²) in [6.45, 7) is 15.0. The van der Waals surface area contributed by atoms with E-state index in [1.165, 1.54) is 88.1 Å². The Bertz CT molecular complexity index is 663. The highest BCUT2D eigenvalue weighted by atomic mass is 32.2. The molecule has 0 heterocycles. The van der Waals surface area contributed by atoms with E-state index in [0.29, 0.717) is 0 Å². The molecule has 6 heteroatoms. The van der Waals surface area contributed by atoms with Crippen LogP contribution in [0.25, 0.3) is 6.08 Å². The Balaban J connectivity index is 0.000000590. The van der Waals surface area contributed by atoms with Gasteiger partial charge in [0.1, 0.15) is 0 Å². The van der Waals surface area contributed by atoms with Gasteiger partial charge in [0.2, 0.25) is 10.3 Å². The van der Waals surface area contributed by atoms with Crippen molar-refractivity contribution >= 4 is 22.6 Å². The van der Waals surface area contributed by atoms with E-state index in [-0.39, 0.29) is 0 Å². The van der Waals surface area contributed by atoms with Gasteiger partial charge >= 0.3 is 0 Å². The molecule has 0 amide bonds. The molecule has 0 saturated heterocycles. The molecule has 5 nitrogen and oxygen atoms in total. The van der Waals surface area contributed by atoms with Crippen LogP contribution in [0.15, 0.2) is 40.8 Å². The zero-order valence-corrected chi connectivity index (χ0v) is 20.9. The number of hydrogen-bond donors (Lipinski definition) is 0. The van der Waals surface area contributed by atoms with E-state index in [0.717, 1.165) is 11.8 Å². The molecule has 31 heavy (non-hydrogen) atoms. The van der Waals surface area contributed by atoms with Crippen LogP contribution in [-0.2, 0) is 10.3 Å². The van der Waals surface area contributed by atoms with Crippen LogP contribution in [0, 0.1) is 0 Å². The molecular weight excluding hydrogens is 408 g/mol. The SMILES string of the molecule is CCCC[N+](CCCC)(CCCC)CCCC.O=S(=O)([O-])N=CC=Cc1ccccc1. The van der Waals surface area contributed by atoms with Gasteiger partial charge in [0.25, 0.3) is 0 Å². The maximum absolute atomic E-state index is 10.1. The van der Waals surface area contributed by atoms with E-state index in [9.17, 15) is 13.0 Å². The molecular formula is C25H44N2O3S. The number of allylic oxidation sites excluding steroid dienone is 1. The third kappa shape index (κ3) is 16.8. The van der Waals surface area contributed by atoms with Crippen LogP contribution in [0.3, 0.4) is 0 Å². The van der Waals surface area contributed by atoms with Crippen LogP contribution in [0.4, 0.5) is 0 Å². The van der Waals surface area contributed by atoms with Crippen molar-refractivity contribution in [2.45, 2.75) is 79.1 Å². The highest BCUT2D eigenvalue weighted by Crippen LogP contribution is 2.16. The minimum atomic E-state index is -4.51. The lowest BCUT2D eigenvalue weighted by atomic mass is 10.1. The van der Waals surface area contributed by atoms with Crippen LogP contribution in [0.2, 0.25) is 0 Å². The van der Waals surface area contributed by atoms with Gasteiger partial charge in [0.15, 0.2) is 0 Å². The lowest BCUT2D eigenvalue weighted by molar-refractivity contribution is -0.929. The fourth-order valence-electron chi connectivity index (χ4n) is 3.47. The summed E-state index contributed by atoms with van der Waals surface area (Å²) in [5.41, 5.74) is 0.905. The summed E-state index contributed by atoms with van der Waals surface area (Å²) in [5, 5.41) is 0. The molecule has 0 bridgehead atoms. The summed E-state index contributed by atoms with van der Waals surface area (Å²) >= 11 is 0. The van der Waals surface area contributed by atoms with Crippen molar-refractivity contribution in [2.24, 2.45) is 4.40 Å². The summed E-state index contributed by atoms with van der Waals surface area (Å²) in [4.78, 5) is 0. The molecule has 178 valence electrons. The number of benzene rings is 1. The first kappa shape index (κ1) is 29.5. The van der Waals surface area contributed by atoms with Gasteiger partial charge < -0.3 is 9.04 Å². The predicted octanol–water partition coefficient (Wildman–Crippen LogP) is 6.23. The van der Waals surface area contributed by atoms with Crippen molar-refractivity contribution < 1.29 is 17.5 Å². The highest BCUT2D eigenvalue weighted by molar-refractivity contribution is 7.84. The van der Waals surface area contributed by atoms with Gasteiger partial charge in [-0.05, 0) is 37.3 Å². The van der Waals surface area contributed by atoms with E-state index < -0.39 is 10.3 Å². The monoisotopic (exact) mass is 452 g/mol. The Kier molecular flexibility index (Phi) is 17.2. The fourth-order valence-corrected chi connectivity index (χ4v) is 3.69. The number of unbranched alkanes of at least 4 members (excludes halogenated alkanes) is 4.